The molecule has 1 fully saturated rings. The Morgan fingerprint density at radius 2 is 2.05 bits per heavy atom. The Bertz CT molecular complexity index is 533. The Balaban J connectivity index is 1.98. The van der Waals surface area contributed by atoms with Gasteiger partial charge >= 0.3 is 0 Å². The SMILES string of the molecule is Brc1ccccc1C(c1ccsc1)N1CCCNCC1. The lowest BCUT2D eigenvalue weighted by Gasteiger charge is -2.31. The van der Waals surface area contributed by atoms with E-state index in [2.05, 4.69) is 67.2 Å². The molecule has 1 aromatic carbocycles. The molecule has 1 atom stereocenters. The van der Waals surface area contributed by atoms with Crippen molar-refractivity contribution in [2.24, 2.45) is 0 Å². The number of nitrogens with zero attached hydrogens (tertiary/aromatic N) is 1. The first kappa shape index (κ1) is 14.3. The van der Waals surface area contributed by atoms with Crippen LogP contribution in [0.2, 0.25) is 0 Å². The number of halogens is 1. The highest BCUT2D eigenvalue weighted by atomic mass is 79.9. The number of benzene rings is 1. The fourth-order valence-electron chi connectivity index (χ4n) is 2.84. The maximum atomic E-state index is 3.73. The predicted octanol–water partition coefficient (Wildman–Crippen LogP) is 3.90. The highest BCUT2D eigenvalue weighted by Crippen LogP contribution is 2.34. The summed E-state index contributed by atoms with van der Waals surface area (Å²) >= 11 is 5.51. The molecule has 1 saturated heterocycles. The third kappa shape index (κ3) is 3.14. The second kappa shape index (κ2) is 6.85. The average molecular weight is 351 g/mol. The lowest BCUT2D eigenvalue weighted by Crippen LogP contribution is -2.33. The van der Waals surface area contributed by atoms with Gasteiger partial charge in [0.1, 0.15) is 0 Å². The van der Waals surface area contributed by atoms with Gasteiger partial charge in [0, 0.05) is 24.1 Å². The Morgan fingerprint density at radius 3 is 2.85 bits per heavy atom. The van der Waals surface area contributed by atoms with Gasteiger partial charge in [0.15, 0.2) is 0 Å². The molecule has 2 aromatic rings. The van der Waals surface area contributed by atoms with Crippen molar-refractivity contribution in [3.8, 4) is 0 Å². The molecule has 1 unspecified atom stereocenters. The molecule has 1 aromatic heterocycles. The molecule has 0 aliphatic carbocycles. The van der Waals surface area contributed by atoms with E-state index in [1.165, 1.54) is 22.0 Å². The number of hydrogen-bond donors (Lipinski definition) is 1. The van der Waals surface area contributed by atoms with Gasteiger partial charge in [-0.1, -0.05) is 34.1 Å². The molecule has 0 amide bonds. The van der Waals surface area contributed by atoms with E-state index < -0.39 is 0 Å². The Kier molecular flexibility index (Phi) is 4.89. The number of hydrogen-bond acceptors (Lipinski definition) is 3. The van der Waals surface area contributed by atoms with Gasteiger partial charge in [-0.05, 0) is 47.0 Å². The highest BCUT2D eigenvalue weighted by molar-refractivity contribution is 9.10. The van der Waals surface area contributed by atoms with Gasteiger partial charge in [-0.2, -0.15) is 11.3 Å². The minimum absolute atomic E-state index is 0.358. The monoisotopic (exact) mass is 350 g/mol. The predicted molar refractivity (Wildman–Crippen MR) is 89.4 cm³/mol. The molecule has 1 N–H and O–H groups in total. The van der Waals surface area contributed by atoms with E-state index in [-0.39, 0.29) is 0 Å². The van der Waals surface area contributed by atoms with Crippen LogP contribution in [-0.4, -0.2) is 31.1 Å². The van der Waals surface area contributed by atoms with Crippen molar-refractivity contribution in [3.63, 3.8) is 0 Å². The topological polar surface area (TPSA) is 15.3 Å². The standard InChI is InChI=1S/C16H19BrN2S/c17-15-5-2-1-4-14(15)16(13-6-11-20-12-13)19-9-3-7-18-8-10-19/h1-2,4-6,11-12,16,18H,3,7-10H2. The quantitative estimate of drug-likeness (QED) is 0.902. The third-order valence-corrected chi connectivity index (χ3v) is 5.22. The Labute approximate surface area is 132 Å². The zero-order chi connectivity index (χ0) is 13.8. The van der Waals surface area contributed by atoms with Crippen LogP contribution >= 0.6 is 27.3 Å². The van der Waals surface area contributed by atoms with Crippen LogP contribution in [0.5, 0.6) is 0 Å². The van der Waals surface area contributed by atoms with Crippen molar-refractivity contribution >= 4 is 27.3 Å². The van der Waals surface area contributed by atoms with Crippen molar-refractivity contribution < 1.29 is 0 Å². The third-order valence-electron chi connectivity index (χ3n) is 3.80. The zero-order valence-electron chi connectivity index (χ0n) is 11.4. The van der Waals surface area contributed by atoms with Crippen LogP contribution in [0.4, 0.5) is 0 Å². The van der Waals surface area contributed by atoms with E-state index in [4.69, 9.17) is 0 Å². The van der Waals surface area contributed by atoms with E-state index >= 15 is 0 Å². The number of rotatable bonds is 3. The summed E-state index contributed by atoms with van der Waals surface area (Å²) in [5.74, 6) is 0. The summed E-state index contributed by atoms with van der Waals surface area (Å²) in [6.07, 6.45) is 1.21. The highest BCUT2D eigenvalue weighted by Gasteiger charge is 2.24. The molecule has 2 nitrogen and oxygen atoms in total. The molecule has 0 saturated carbocycles. The maximum absolute atomic E-state index is 3.73. The van der Waals surface area contributed by atoms with Crippen LogP contribution in [0.1, 0.15) is 23.6 Å². The van der Waals surface area contributed by atoms with Gasteiger partial charge in [0.2, 0.25) is 0 Å². The fraction of sp³-hybridized carbons (Fsp3) is 0.375. The molecule has 2 heterocycles. The van der Waals surface area contributed by atoms with Gasteiger partial charge in [-0.25, -0.2) is 0 Å². The Hall–Kier alpha value is -0.680. The summed E-state index contributed by atoms with van der Waals surface area (Å²) in [6.45, 7) is 4.45. The first-order chi connectivity index (χ1) is 9.86. The lowest BCUT2D eigenvalue weighted by molar-refractivity contribution is 0.241. The molecular formula is C16H19BrN2S. The van der Waals surface area contributed by atoms with Gasteiger partial charge in [-0.3, -0.25) is 4.90 Å². The molecule has 106 valence electrons. The molecule has 0 bridgehead atoms. The second-order valence-electron chi connectivity index (χ2n) is 5.12. The van der Waals surface area contributed by atoms with Gasteiger partial charge in [0.25, 0.3) is 0 Å². The molecule has 20 heavy (non-hydrogen) atoms. The summed E-state index contributed by atoms with van der Waals surface area (Å²) in [7, 11) is 0. The molecule has 3 rings (SSSR count). The maximum Gasteiger partial charge on any atom is 0.0621 e. The van der Waals surface area contributed by atoms with Crippen LogP contribution in [0.25, 0.3) is 0 Å². The number of thiophene rings is 1. The van der Waals surface area contributed by atoms with Crippen LogP contribution < -0.4 is 5.32 Å². The summed E-state index contributed by atoms with van der Waals surface area (Å²) < 4.78 is 1.20. The van der Waals surface area contributed by atoms with Crippen molar-refractivity contribution in [1.29, 1.82) is 0 Å². The Morgan fingerprint density at radius 1 is 1.15 bits per heavy atom. The first-order valence-corrected chi connectivity index (χ1v) is 8.81. The van der Waals surface area contributed by atoms with E-state index in [1.807, 2.05) is 0 Å². The minimum atomic E-state index is 0.358. The zero-order valence-corrected chi connectivity index (χ0v) is 13.8. The van der Waals surface area contributed by atoms with Crippen LogP contribution in [-0.2, 0) is 0 Å². The molecule has 0 radical (unpaired) electrons. The van der Waals surface area contributed by atoms with E-state index in [0.717, 1.165) is 26.2 Å². The van der Waals surface area contributed by atoms with Crippen molar-refractivity contribution in [1.82, 2.24) is 10.2 Å². The molecular weight excluding hydrogens is 332 g/mol. The smallest absolute Gasteiger partial charge is 0.0621 e. The number of nitrogens with one attached hydrogen (secondary N) is 1. The normalized spacial score (nSPS) is 18.6. The van der Waals surface area contributed by atoms with Crippen LogP contribution in [0.15, 0.2) is 45.6 Å². The fourth-order valence-corrected chi connectivity index (χ4v) is 4.02. The van der Waals surface area contributed by atoms with E-state index in [9.17, 15) is 0 Å². The molecule has 4 heteroatoms. The van der Waals surface area contributed by atoms with Crippen molar-refractivity contribution in [2.75, 3.05) is 26.2 Å². The molecule has 1 aliphatic heterocycles. The lowest BCUT2D eigenvalue weighted by atomic mass is 9.99. The van der Waals surface area contributed by atoms with Crippen LogP contribution in [0, 0.1) is 0 Å². The van der Waals surface area contributed by atoms with E-state index in [0.29, 0.717) is 6.04 Å². The molecule has 1 aliphatic rings. The van der Waals surface area contributed by atoms with Crippen molar-refractivity contribution in [2.45, 2.75) is 12.5 Å². The van der Waals surface area contributed by atoms with Crippen LogP contribution in [0.3, 0.4) is 0 Å². The summed E-state index contributed by atoms with van der Waals surface area (Å²) in [4.78, 5) is 2.60. The average Bonchev–Trinajstić information content (AvgIpc) is 2.85. The minimum Gasteiger partial charge on any atom is -0.315 e. The van der Waals surface area contributed by atoms with Gasteiger partial charge < -0.3 is 5.32 Å². The first-order valence-electron chi connectivity index (χ1n) is 7.07. The van der Waals surface area contributed by atoms with Gasteiger partial charge in [-0.15, -0.1) is 0 Å². The largest absolute Gasteiger partial charge is 0.315 e. The summed E-state index contributed by atoms with van der Waals surface area (Å²) in [6, 6.07) is 11.2. The molecule has 0 spiro atoms. The van der Waals surface area contributed by atoms with E-state index in [1.54, 1.807) is 11.3 Å². The summed E-state index contributed by atoms with van der Waals surface area (Å²) in [5, 5.41) is 7.95. The van der Waals surface area contributed by atoms with Gasteiger partial charge in [0.05, 0.1) is 6.04 Å². The second-order valence-corrected chi connectivity index (χ2v) is 6.75. The van der Waals surface area contributed by atoms with Crippen molar-refractivity contribution in [3.05, 3.63) is 56.7 Å². The summed E-state index contributed by atoms with van der Waals surface area (Å²) in [5.41, 5.74) is 2.77.